The van der Waals surface area contributed by atoms with Crippen LogP contribution in [0.2, 0.25) is 0 Å². The Kier molecular flexibility index (Phi) is 33.7. The SMILES string of the molecule is CC#N.COC(=O)c1ccc(CBr)cn1.COC(=O)c1ccc(COc2cccc(C)c2)cn1.Cc1cccc(O)c1.O=CO[O-].[H-].[K+].[K+]. The van der Waals surface area contributed by atoms with Gasteiger partial charge in [-0.1, -0.05) is 52.3 Å². The van der Waals surface area contributed by atoms with Crippen molar-refractivity contribution in [1.82, 2.24) is 9.97 Å². The Morgan fingerprint density at radius 1 is 0.896 bits per heavy atom. The van der Waals surface area contributed by atoms with E-state index >= 15 is 0 Å². The number of nitriles is 1. The van der Waals surface area contributed by atoms with E-state index in [0.717, 1.165) is 33.3 Å². The van der Waals surface area contributed by atoms with Gasteiger partial charge in [0.15, 0.2) is 0 Å². The molecule has 0 aliphatic rings. The molecule has 2 aromatic carbocycles. The number of carbonyl (C=O) groups excluding carboxylic acids is 3. The zero-order chi connectivity index (χ0) is 34.7. The fraction of sp³-hybridized carbons (Fsp3) is 0.212. The normalized spacial score (nSPS) is 8.46. The molecule has 0 fully saturated rings. The van der Waals surface area contributed by atoms with E-state index in [9.17, 15) is 9.59 Å². The molecule has 0 atom stereocenters. The molecule has 4 rings (SSSR count). The molecule has 246 valence electrons. The Balaban J connectivity index is -0.000000292. The third-order valence-corrected chi connectivity index (χ3v) is 5.68. The van der Waals surface area contributed by atoms with Gasteiger partial charge in [-0.05, 0) is 66.9 Å². The number of alkyl halides is 1. The molecule has 0 bridgehead atoms. The predicted octanol–water partition coefficient (Wildman–Crippen LogP) is -0.696. The molecule has 0 amide bonds. The number of hydrogen-bond acceptors (Lipinski definition) is 12. The zero-order valence-corrected chi connectivity index (χ0v) is 35.8. The summed E-state index contributed by atoms with van der Waals surface area (Å²) in [6.07, 6.45) is 3.25. The van der Waals surface area contributed by atoms with E-state index in [1.54, 1.807) is 48.8 Å². The molecule has 0 unspecified atom stereocenters. The summed E-state index contributed by atoms with van der Waals surface area (Å²) in [6.45, 7) is 5.62. The van der Waals surface area contributed by atoms with Crippen LogP contribution >= 0.6 is 15.9 Å². The minimum Gasteiger partial charge on any atom is -1.00 e. The Morgan fingerprint density at radius 3 is 1.69 bits per heavy atom. The van der Waals surface area contributed by atoms with Crippen molar-refractivity contribution in [2.45, 2.75) is 32.7 Å². The maximum atomic E-state index is 11.2. The van der Waals surface area contributed by atoms with Crippen LogP contribution in [0, 0.1) is 25.2 Å². The summed E-state index contributed by atoms with van der Waals surface area (Å²) in [6, 6.07) is 23.6. The number of phenolic OH excluding ortho intramolecular Hbond substituents is 1. The maximum absolute atomic E-state index is 11.2. The van der Waals surface area contributed by atoms with Crippen LogP contribution in [0.15, 0.2) is 85.2 Å². The van der Waals surface area contributed by atoms with Gasteiger partial charge in [-0.3, -0.25) is 4.79 Å². The number of hydrogen-bond donors (Lipinski definition) is 1. The molecule has 48 heavy (non-hydrogen) atoms. The van der Waals surface area contributed by atoms with Crippen LogP contribution in [-0.4, -0.2) is 47.7 Å². The minimum absolute atomic E-state index is 0. The van der Waals surface area contributed by atoms with E-state index in [2.05, 4.69) is 40.3 Å². The molecule has 1 N–H and O–H groups in total. The first-order chi connectivity index (χ1) is 22.1. The molecule has 2 aromatic heterocycles. The summed E-state index contributed by atoms with van der Waals surface area (Å²) in [5.41, 5.74) is 4.79. The number of ether oxygens (including phenoxy) is 3. The van der Waals surface area contributed by atoms with E-state index in [0.29, 0.717) is 23.7 Å². The van der Waals surface area contributed by atoms with Gasteiger partial charge in [-0.15, -0.1) is 0 Å². The second-order valence-corrected chi connectivity index (χ2v) is 9.14. The van der Waals surface area contributed by atoms with Crippen molar-refractivity contribution in [3.05, 3.63) is 119 Å². The third-order valence-electron chi connectivity index (χ3n) is 5.03. The number of carbonyl (C=O) groups is 3. The van der Waals surface area contributed by atoms with Crippen LogP contribution < -0.4 is 113 Å². The Bertz CT molecular complexity index is 1500. The van der Waals surface area contributed by atoms with Crippen molar-refractivity contribution >= 4 is 34.3 Å². The van der Waals surface area contributed by atoms with Crippen molar-refractivity contribution in [3.63, 3.8) is 0 Å². The monoisotopic (exact) mass is 775 g/mol. The number of methoxy groups -OCH3 is 2. The van der Waals surface area contributed by atoms with Gasteiger partial charge in [0.25, 0.3) is 6.47 Å². The predicted molar refractivity (Wildman–Crippen MR) is 172 cm³/mol. The van der Waals surface area contributed by atoms with E-state index < -0.39 is 11.9 Å². The minimum atomic E-state index is -0.439. The van der Waals surface area contributed by atoms with Gasteiger partial charge in [0, 0.05) is 30.2 Å². The van der Waals surface area contributed by atoms with Crippen molar-refractivity contribution in [1.29, 1.82) is 5.26 Å². The van der Waals surface area contributed by atoms with Crippen LogP contribution in [0.3, 0.4) is 0 Å². The van der Waals surface area contributed by atoms with Crippen molar-refractivity contribution in [3.8, 4) is 17.6 Å². The largest absolute Gasteiger partial charge is 1.00 e. The van der Waals surface area contributed by atoms with Crippen molar-refractivity contribution in [2.75, 3.05) is 14.2 Å². The van der Waals surface area contributed by atoms with E-state index in [1.165, 1.54) is 21.1 Å². The molecule has 0 spiro atoms. The Hall–Kier alpha value is -2.05. The molecule has 0 aliphatic heterocycles. The number of rotatable bonds is 7. The molecular formula is C33H36BrK2N3O9. The van der Waals surface area contributed by atoms with Gasteiger partial charge >= 0.3 is 115 Å². The van der Waals surface area contributed by atoms with Crippen molar-refractivity contribution < 1.29 is 148 Å². The molecule has 0 aliphatic carbocycles. The molecule has 12 nitrogen and oxygen atoms in total. The third kappa shape index (κ3) is 24.1. The van der Waals surface area contributed by atoms with Gasteiger partial charge in [0.2, 0.25) is 0 Å². The van der Waals surface area contributed by atoms with Gasteiger partial charge in [0.05, 0.1) is 20.3 Å². The standard InChI is InChI=1S/C15H15NO3.C8H8BrNO2.C7H8O.C2H3N.CH2O3.2K.H/c1-11-4-3-5-13(8-11)19-10-12-6-7-14(16-9-12)15(17)18-2;1-12-8(11)7-3-2-6(4-9)5-10-7;1-6-3-2-4-7(8)5-6;1-2-3;2-1-4-3;;;/h3-9H,10H2,1-2H3;2-3,5H,4H2,1H3;2-5,8H,1H3;1H3;1,3H;;;/q;;;;;2*+1;-1/p-1. The fourth-order valence-corrected chi connectivity index (χ4v) is 3.30. The number of pyridine rings is 2. The molecule has 0 saturated heterocycles. The van der Waals surface area contributed by atoms with Gasteiger partial charge in [-0.25, -0.2) is 19.6 Å². The van der Waals surface area contributed by atoms with E-state index in [1.807, 2.05) is 56.3 Å². The van der Waals surface area contributed by atoms with E-state index in [4.69, 9.17) is 25.2 Å². The van der Waals surface area contributed by atoms with Gasteiger partial charge in [0.1, 0.15) is 29.5 Å². The summed E-state index contributed by atoms with van der Waals surface area (Å²) in [4.78, 5) is 41.3. The number of phenols is 1. The molecule has 0 saturated carbocycles. The number of halogens is 1. The summed E-state index contributed by atoms with van der Waals surface area (Å²) in [5, 5.41) is 25.3. The molecule has 0 radical (unpaired) electrons. The number of nitrogens with zero attached hydrogens (tertiary/aromatic N) is 3. The van der Waals surface area contributed by atoms with Gasteiger partial charge < -0.3 is 30.9 Å². The Morgan fingerprint density at radius 2 is 1.35 bits per heavy atom. The second kappa shape index (κ2) is 32.2. The molecular weight excluding hydrogens is 740 g/mol. The van der Waals surface area contributed by atoms with Gasteiger partial charge in [-0.2, -0.15) is 5.26 Å². The van der Waals surface area contributed by atoms with E-state index in [-0.39, 0.29) is 111 Å². The van der Waals surface area contributed by atoms with Crippen molar-refractivity contribution in [2.24, 2.45) is 0 Å². The zero-order valence-electron chi connectivity index (χ0n) is 29.0. The number of aryl methyl sites for hydroxylation is 2. The first-order valence-corrected chi connectivity index (χ1v) is 14.3. The quantitative estimate of drug-likeness (QED) is 0.0624. The van der Waals surface area contributed by atoms with Crippen LogP contribution in [0.1, 0.15) is 51.6 Å². The number of aromatic hydroxyl groups is 1. The fourth-order valence-electron chi connectivity index (χ4n) is 2.96. The average molecular weight is 777 g/mol. The molecule has 15 heteroatoms. The summed E-state index contributed by atoms with van der Waals surface area (Å²) >= 11 is 3.28. The first-order valence-electron chi connectivity index (χ1n) is 13.2. The first kappa shape index (κ1) is 50.3. The average Bonchev–Trinajstić information content (AvgIpc) is 3.08. The van der Waals surface area contributed by atoms with Crippen LogP contribution in [0.25, 0.3) is 0 Å². The van der Waals surface area contributed by atoms with Crippen LogP contribution in [-0.2, 0) is 31.1 Å². The number of esters is 2. The van der Waals surface area contributed by atoms with Crippen LogP contribution in [0.4, 0.5) is 0 Å². The molecule has 4 aromatic rings. The number of benzene rings is 2. The summed E-state index contributed by atoms with van der Waals surface area (Å²) < 4.78 is 14.7. The maximum Gasteiger partial charge on any atom is 1.00 e. The summed E-state index contributed by atoms with van der Waals surface area (Å²) in [7, 11) is 2.67. The molecule has 2 heterocycles. The number of aromatic nitrogens is 2. The van der Waals surface area contributed by atoms with Crippen LogP contribution in [0.5, 0.6) is 11.5 Å². The summed E-state index contributed by atoms with van der Waals surface area (Å²) in [5.74, 6) is 0.310. The Labute approximate surface area is 375 Å². The topological polar surface area (TPSA) is 181 Å². The smallest absolute Gasteiger partial charge is 1.00 e. The second-order valence-electron chi connectivity index (χ2n) is 8.58.